The molecule has 2 aliphatic carbocycles. The Kier molecular flexibility index (Phi) is 4.08. The van der Waals surface area contributed by atoms with Crippen LogP contribution in [0.15, 0.2) is 12.2 Å². The Morgan fingerprint density at radius 3 is 2.68 bits per heavy atom. The van der Waals surface area contributed by atoms with E-state index in [2.05, 4.69) is 32.7 Å². The van der Waals surface area contributed by atoms with E-state index in [1.165, 1.54) is 31.3 Å². The zero-order chi connectivity index (χ0) is 14.2. The van der Waals surface area contributed by atoms with Crippen molar-refractivity contribution in [2.24, 2.45) is 23.2 Å². The number of rotatable bonds is 2. The van der Waals surface area contributed by atoms with Gasteiger partial charge in [-0.3, -0.25) is 4.79 Å². The second-order valence-electron chi connectivity index (χ2n) is 7.32. The smallest absolute Gasteiger partial charge is 0.217 e. The number of nitrogens with one attached hydrogen (secondary N) is 1. The van der Waals surface area contributed by atoms with Gasteiger partial charge in [-0.15, -0.1) is 0 Å². The van der Waals surface area contributed by atoms with Gasteiger partial charge in [0.15, 0.2) is 0 Å². The molecule has 0 unspecified atom stereocenters. The summed E-state index contributed by atoms with van der Waals surface area (Å²) >= 11 is 0. The molecule has 0 radical (unpaired) electrons. The predicted molar refractivity (Wildman–Crippen MR) is 79.8 cm³/mol. The monoisotopic (exact) mass is 263 g/mol. The molecule has 19 heavy (non-hydrogen) atoms. The molecule has 2 nitrogen and oxygen atoms in total. The van der Waals surface area contributed by atoms with E-state index < -0.39 is 0 Å². The Morgan fingerprint density at radius 1 is 1.42 bits per heavy atom. The van der Waals surface area contributed by atoms with Crippen LogP contribution >= 0.6 is 0 Å². The summed E-state index contributed by atoms with van der Waals surface area (Å²) in [7, 11) is 0. The van der Waals surface area contributed by atoms with E-state index >= 15 is 0 Å². The lowest BCUT2D eigenvalue weighted by atomic mass is 9.53. The maximum atomic E-state index is 11.6. The van der Waals surface area contributed by atoms with Gasteiger partial charge in [-0.05, 0) is 49.4 Å². The van der Waals surface area contributed by atoms with Crippen molar-refractivity contribution in [1.29, 1.82) is 0 Å². The topological polar surface area (TPSA) is 29.1 Å². The van der Waals surface area contributed by atoms with Gasteiger partial charge in [-0.25, -0.2) is 0 Å². The Balaban J connectivity index is 2.32. The van der Waals surface area contributed by atoms with Gasteiger partial charge in [0.2, 0.25) is 5.91 Å². The van der Waals surface area contributed by atoms with Crippen LogP contribution in [-0.4, -0.2) is 11.9 Å². The van der Waals surface area contributed by atoms with Crippen molar-refractivity contribution in [3.8, 4) is 0 Å². The molecule has 0 aromatic carbocycles. The molecule has 0 saturated heterocycles. The number of carbonyl (C=O) groups is 1. The minimum atomic E-state index is 0.110. The summed E-state index contributed by atoms with van der Waals surface area (Å²) in [6.07, 6.45) is 6.22. The Hall–Kier alpha value is -0.790. The summed E-state index contributed by atoms with van der Waals surface area (Å²) in [6, 6.07) is 0.295. The Bertz CT molecular complexity index is 373. The van der Waals surface area contributed by atoms with Gasteiger partial charge in [-0.1, -0.05) is 32.9 Å². The molecule has 1 N–H and O–H groups in total. The van der Waals surface area contributed by atoms with E-state index in [4.69, 9.17) is 0 Å². The van der Waals surface area contributed by atoms with Crippen LogP contribution in [0.5, 0.6) is 0 Å². The normalized spacial score (nSPS) is 39.0. The van der Waals surface area contributed by atoms with E-state index in [-0.39, 0.29) is 5.91 Å². The molecule has 2 saturated carbocycles. The molecule has 1 amide bonds. The first-order valence-electron chi connectivity index (χ1n) is 7.80. The van der Waals surface area contributed by atoms with Crippen LogP contribution in [0.1, 0.15) is 59.8 Å². The van der Waals surface area contributed by atoms with E-state index in [1.54, 1.807) is 6.92 Å². The molecule has 2 heteroatoms. The second-order valence-corrected chi connectivity index (χ2v) is 7.32. The fourth-order valence-electron chi connectivity index (χ4n) is 4.59. The zero-order valence-electron chi connectivity index (χ0n) is 13.0. The highest BCUT2D eigenvalue weighted by Crippen LogP contribution is 2.54. The van der Waals surface area contributed by atoms with Crippen LogP contribution in [0.3, 0.4) is 0 Å². The lowest BCUT2D eigenvalue weighted by molar-refractivity contribution is -0.121. The zero-order valence-corrected chi connectivity index (χ0v) is 13.0. The number of hydrogen-bond donors (Lipinski definition) is 1. The number of hydrogen-bond acceptors (Lipinski definition) is 1. The first-order valence-corrected chi connectivity index (χ1v) is 7.80. The van der Waals surface area contributed by atoms with Gasteiger partial charge in [0.05, 0.1) is 0 Å². The number of fused-ring (bicyclic) bond motifs is 1. The van der Waals surface area contributed by atoms with Gasteiger partial charge >= 0.3 is 0 Å². The lowest BCUT2D eigenvalue weighted by Crippen LogP contribution is -2.56. The Morgan fingerprint density at radius 2 is 2.11 bits per heavy atom. The lowest BCUT2D eigenvalue weighted by Gasteiger charge is -2.54. The van der Waals surface area contributed by atoms with Gasteiger partial charge < -0.3 is 5.32 Å². The molecule has 0 heterocycles. The van der Waals surface area contributed by atoms with Crippen molar-refractivity contribution in [1.82, 2.24) is 5.32 Å². The molecule has 0 spiro atoms. The van der Waals surface area contributed by atoms with Crippen LogP contribution < -0.4 is 5.32 Å². The SMILES string of the molecule is C=C1CCC[C@]2(C)CC[C@@H](C(C)C)[C@H](NC(C)=O)[C@@H]12. The molecule has 0 aromatic heterocycles. The third-order valence-electron chi connectivity index (χ3n) is 5.53. The summed E-state index contributed by atoms with van der Waals surface area (Å²) in [5.74, 6) is 1.80. The molecule has 0 bridgehead atoms. The third-order valence-corrected chi connectivity index (χ3v) is 5.53. The predicted octanol–water partition coefficient (Wildman–Crippen LogP) is 3.92. The molecule has 108 valence electrons. The molecule has 0 aromatic rings. The maximum Gasteiger partial charge on any atom is 0.217 e. The first kappa shape index (κ1) is 14.6. The number of amides is 1. The van der Waals surface area contributed by atoms with Crippen molar-refractivity contribution in [2.75, 3.05) is 0 Å². The van der Waals surface area contributed by atoms with Gasteiger partial charge in [0, 0.05) is 18.9 Å². The largest absolute Gasteiger partial charge is 0.353 e. The average Bonchev–Trinajstić information content (AvgIpc) is 2.27. The fraction of sp³-hybridized carbons (Fsp3) is 0.824. The van der Waals surface area contributed by atoms with E-state index in [1.807, 2.05) is 0 Å². The molecule has 2 fully saturated rings. The quantitative estimate of drug-likeness (QED) is 0.752. The minimum absolute atomic E-state index is 0.110. The second kappa shape index (κ2) is 5.30. The summed E-state index contributed by atoms with van der Waals surface area (Å²) in [4.78, 5) is 11.6. The third kappa shape index (κ3) is 2.73. The standard InChI is InChI=1S/C17H29NO/c1-11(2)14-8-10-17(5)9-6-7-12(3)15(17)16(14)18-13(4)19/h11,14-16H,3,6-10H2,1-2,4-5H3,(H,18,19)/t14-,15+,16-,17+/m0/s1. The maximum absolute atomic E-state index is 11.6. The molecule has 4 atom stereocenters. The van der Waals surface area contributed by atoms with E-state index in [0.29, 0.717) is 29.2 Å². The summed E-state index contributed by atoms with van der Waals surface area (Å²) in [5, 5.41) is 3.27. The van der Waals surface area contributed by atoms with Gasteiger partial charge in [-0.2, -0.15) is 0 Å². The molecule has 2 aliphatic rings. The van der Waals surface area contributed by atoms with E-state index in [9.17, 15) is 4.79 Å². The fourth-order valence-corrected chi connectivity index (χ4v) is 4.59. The highest BCUT2D eigenvalue weighted by atomic mass is 16.1. The van der Waals surface area contributed by atoms with Crippen molar-refractivity contribution < 1.29 is 4.79 Å². The van der Waals surface area contributed by atoms with Crippen LogP contribution in [0.25, 0.3) is 0 Å². The van der Waals surface area contributed by atoms with Crippen LogP contribution in [0.4, 0.5) is 0 Å². The minimum Gasteiger partial charge on any atom is -0.353 e. The van der Waals surface area contributed by atoms with E-state index in [0.717, 1.165) is 6.42 Å². The summed E-state index contributed by atoms with van der Waals surface area (Å²) in [6.45, 7) is 13.0. The molecular formula is C17H29NO. The molecule has 0 aliphatic heterocycles. The Labute approximate surface area is 118 Å². The van der Waals surface area contributed by atoms with Crippen molar-refractivity contribution in [2.45, 2.75) is 65.8 Å². The van der Waals surface area contributed by atoms with Crippen molar-refractivity contribution in [3.05, 3.63) is 12.2 Å². The van der Waals surface area contributed by atoms with Crippen molar-refractivity contribution >= 4 is 5.91 Å². The van der Waals surface area contributed by atoms with Gasteiger partial charge in [0.1, 0.15) is 0 Å². The van der Waals surface area contributed by atoms with Crippen LogP contribution in [0.2, 0.25) is 0 Å². The molecule has 2 rings (SSSR count). The highest BCUT2D eigenvalue weighted by molar-refractivity contribution is 5.73. The summed E-state index contributed by atoms with van der Waals surface area (Å²) < 4.78 is 0. The van der Waals surface area contributed by atoms with Crippen molar-refractivity contribution in [3.63, 3.8) is 0 Å². The molecular weight excluding hydrogens is 234 g/mol. The average molecular weight is 263 g/mol. The highest BCUT2D eigenvalue weighted by Gasteiger charge is 2.49. The summed E-state index contributed by atoms with van der Waals surface area (Å²) in [5.41, 5.74) is 1.73. The van der Waals surface area contributed by atoms with Crippen LogP contribution in [-0.2, 0) is 4.79 Å². The number of carbonyl (C=O) groups excluding carboxylic acids is 1. The van der Waals surface area contributed by atoms with Gasteiger partial charge in [0.25, 0.3) is 0 Å². The first-order chi connectivity index (χ1) is 8.85. The van der Waals surface area contributed by atoms with Crippen LogP contribution in [0, 0.1) is 23.2 Å².